The molecule has 0 spiro atoms. The van der Waals surface area contributed by atoms with Crippen molar-refractivity contribution in [3.8, 4) is 0 Å². The van der Waals surface area contributed by atoms with Crippen LogP contribution in [0.1, 0.15) is 86.0 Å². The standard InChI is InChI=1S/C26H46O4/c1-6-17-20-12-16(28)9-10-25(20,4)21-13-22(29)26(5)18(14(2)11-15(3)27)7-8-19(26)23(21)24(17)30/h14-24,27-30H,6-13H2,1-5H3/t14-,15+,16-,17-,18-,19+,20+,21?,22+,23+,24-,25+,26-/m1/s1. The van der Waals surface area contributed by atoms with E-state index >= 15 is 0 Å². The molecule has 4 fully saturated rings. The van der Waals surface area contributed by atoms with Crippen LogP contribution in [-0.4, -0.2) is 44.8 Å². The molecule has 1 unspecified atom stereocenters. The zero-order chi connectivity index (χ0) is 22.0. The first kappa shape index (κ1) is 23.0. The summed E-state index contributed by atoms with van der Waals surface area (Å²) in [4.78, 5) is 0. The quantitative estimate of drug-likeness (QED) is 0.552. The lowest BCUT2D eigenvalue weighted by Crippen LogP contribution is -2.65. The van der Waals surface area contributed by atoms with Crippen LogP contribution >= 0.6 is 0 Å². The molecule has 0 aliphatic heterocycles. The predicted octanol–water partition coefficient (Wildman–Crippen LogP) is 3.99. The minimum atomic E-state index is -0.345. The van der Waals surface area contributed by atoms with Crippen molar-refractivity contribution in [2.75, 3.05) is 0 Å². The molecule has 30 heavy (non-hydrogen) atoms. The SMILES string of the molecule is CC[C@H]1[C@@H](O)[C@@H]2C(C[C@H](O)[C@]3(C)[C@@H]([C@H](C)C[C@H](C)O)CC[C@@H]23)[C@@]2(C)CC[C@@H](O)C[C@@H]12. The maximum atomic E-state index is 11.7. The van der Waals surface area contributed by atoms with Gasteiger partial charge in [-0.05, 0) is 104 Å². The molecular formula is C26H46O4. The van der Waals surface area contributed by atoms with Crippen LogP contribution in [0.3, 0.4) is 0 Å². The largest absolute Gasteiger partial charge is 0.393 e. The number of aliphatic hydroxyl groups is 4. The van der Waals surface area contributed by atoms with Gasteiger partial charge in [-0.1, -0.05) is 34.1 Å². The first-order chi connectivity index (χ1) is 14.1. The van der Waals surface area contributed by atoms with E-state index in [1.54, 1.807) is 0 Å². The Bertz CT molecular complexity index is 622. The molecule has 4 N–H and O–H groups in total. The fourth-order valence-electron chi connectivity index (χ4n) is 9.59. The average molecular weight is 423 g/mol. The Balaban J connectivity index is 1.70. The van der Waals surface area contributed by atoms with Gasteiger partial charge in [0.05, 0.1) is 24.4 Å². The maximum Gasteiger partial charge on any atom is 0.0605 e. The van der Waals surface area contributed by atoms with Crippen molar-refractivity contribution in [1.29, 1.82) is 0 Å². The highest BCUT2D eigenvalue weighted by atomic mass is 16.3. The number of rotatable bonds is 4. The molecule has 4 rings (SSSR count). The summed E-state index contributed by atoms with van der Waals surface area (Å²) in [7, 11) is 0. The Hall–Kier alpha value is -0.160. The van der Waals surface area contributed by atoms with Gasteiger partial charge in [-0.15, -0.1) is 0 Å². The van der Waals surface area contributed by atoms with E-state index in [0.29, 0.717) is 29.6 Å². The topological polar surface area (TPSA) is 80.9 Å². The molecule has 4 saturated carbocycles. The summed E-state index contributed by atoms with van der Waals surface area (Å²) in [6, 6.07) is 0. The van der Waals surface area contributed by atoms with Crippen LogP contribution in [0.4, 0.5) is 0 Å². The molecule has 0 radical (unpaired) electrons. The van der Waals surface area contributed by atoms with Gasteiger partial charge in [-0.25, -0.2) is 0 Å². The number of aliphatic hydroxyl groups excluding tert-OH is 4. The van der Waals surface area contributed by atoms with Gasteiger partial charge in [0.15, 0.2) is 0 Å². The van der Waals surface area contributed by atoms with Crippen LogP contribution in [0.15, 0.2) is 0 Å². The van der Waals surface area contributed by atoms with Crippen molar-refractivity contribution in [2.45, 2.75) is 110 Å². The van der Waals surface area contributed by atoms with E-state index in [0.717, 1.165) is 51.4 Å². The molecule has 0 bridgehead atoms. The molecular weight excluding hydrogens is 376 g/mol. The average Bonchev–Trinajstić information content (AvgIpc) is 3.02. The highest BCUT2D eigenvalue weighted by Gasteiger charge is 2.67. The fraction of sp³-hybridized carbons (Fsp3) is 1.00. The van der Waals surface area contributed by atoms with Crippen LogP contribution in [0.25, 0.3) is 0 Å². The van der Waals surface area contributed by atoms with Gasteiger partial charge in [0.1, 0.15) is 0 Å². The Morgan fingerprint density at radius 3 is 2.27 bits per heavy atom. The van der Waals surface area contributed by atoms with E-state index in [1.165, 1.54) is 0 Å². The molecule has 13 atom stereocenters. The second kappa shape index (κ2) is 8.01. The summed E-state index contributed by atoms with van der Waals surface area (Å²) in [5.74, 6) is 2.32. The molecule has 4 heteroatoms. The third-order valence-corrected chi connectivity index (χ3v) is 11.0. The van der Waals surface area contributed by atoms with Crippen LogP contribution in [0.5, 0.6) is 0 Å². The lowest BCUT2D eigenvalue weighted by molar-refractivity contribution is -0.228. The minimum absolute atomic E-state index is 0.107. The molecule has 0 aromatic rings. The van der Waals surface area contributed by atoms with Crippen LogP contribution in [-0.2, 0) is 0 Å². The molecule has 0 aromatic carbocycles. The van der Waals surface area contributed by atoms with Gasteiger partial charge in [0, 0.05) is 0 Å². The van der Waals surface area contributed by atoms with Gasteiger partial charge in [0.25, 0.3) is 0 Å². The molecule has 0 saturated heterocycles. The van der Waals surface area contributed by atoms with E-state index in [4.69, 9.17) is 0 Å². The van der Waals surface area contributed by atoms with Gasteiger partial charge >= 0.3 is 0 Å². The highest BCUT2D eigenvalue weighted by Crippen LogP contribution is 2.69. The van der Waals surface area contributed by atoms with E-state index < -0.39 is 0 Å². The van der Waals surface area contributed by atoms with Gasteiger partial charge in [-0.2, -0.15) is 0 Å². The van der Waals surface area contributed by atoms with Crippen molar-refractivity contribution in [3.63, 3.8) is 0 Å². The number of fused-ring (bicyclic) bond motifs is 5. The van der Waals surface area contributed by atoms with Crippen molar-refractivity contribution in [3.05, 3.63) is 0 Å². The Morgan fingerprint density at radius 1 is 0.933 bits per heavy atom. The van der Waals surface area contributed by atoms with Crippen molar-refractivity contribution >= 4 is 0 Å². The molecule has 4 aliphatic rings. The first-order valence-corrected chi connectivity index (χ1v) is 12.8. The van der Waals surface area contributed by atoms with E-state index in [1.807, 2.05) is 6.92 Å². The summed E-state index contributed by atoms with van der Waals surface area (Å²) < 4.78 is 0. The summed E-state index contributed by atoms with van der Waals surface area (Å²) in [5, 5.41) is 43.7. The maximum absolute atomic E-state index is 11.7. The minimum Gasteiger partial charge on any atom is -0.393 e. The fourth-order valence-corrected chi connectivity index (χ4v) is 9.59. The van der Waals surface area contributed by atoms with Gasteiger partial charge in [-0.3, -0.25) is 0 Å². The third kappa shape index (κ3) is 3.23. The molecule has 0 heterocycles. The molecule has 4 aliphatic carbocycles. The van der Waals surface area contributed by atoms with Crippen LogP contribution in [0.2, 0.25) is 0 Å². The van der Waals surface area contributed by atoms with E-state index in [-0.39, 0.29) is 47.1 Å². The Kier molecular flexibility index (Phi) is 6.14. The van der Waals surface area contributed by atoms with E-state index in [2.05, 4.69) is 27.7 Å². The summed E-state index contributed by atoms with van der Waals surface area (Å²) >= 11 is 0. The Labute approximate surface area is 183 Å². The zero-order valence-corrected chi connectivity index (χ0v) is 19.8. The normalized spacial score (nSPS) is 55.3. The zero-order valence-electron chi connectivity index (χ0n) is 19.8. The van der Waals surface area contributed by atoms with E-state index in [9.17, 15) is 20.4 Å². The lowest BCUT2D eigenvalue weighted by Gasteiger charge is -2.65. The summed E-state index contributed by atoms with van der Waals surface area (Å²) in [5.41, 5.74) is -0.0679. The van der Waals surface area contributed by atoms with Crippen LogP contribution in [0, 0.1) is 52.3 Å². The third-order valence-electron chi connectivity index (χ3n) is 11.0. The first-order valence-electron chi connectivity index (χ1n) is 12.8. The monoisotopic (exact) mass is 422 g/mol. The van der Waals surface area contributed by atoms with Crippen molar-refractivity contribution < 1.29 is 20.4 Å². The van der Waals surface area contributed by atoms with Crippen molar-refractivity contribution in [2.24, 2.45) is 52.3 Å². The number of hydrogen-bond donors (Lipinski definition) is 4. The highest BCUT2D eigenvalue weighted by molar-refractivity contribution is 5.15. The van der Waals surface area contributed by atoms with Crippen LogP contribution < -0.4 is 0 Å². The second-order valence-corrected chi connectivity index (χ2v) is 12.3. The summed E-state index contributed by atoms with van der Waals surface area (Å²) in [6.45, 7) is 11.0. The second-order valence-electron chi connectivity index (χ2n) is 12.3. The molecule has 4 nitrogen and oxygen atoms in total. The smallest absolute Gasteiger partial charge is 0.0605 e. The number of hydrogen-bond acceptors (Lipinski definition) is 4. The Morgan fingerprint density at radius 2 is 1.63 bits per heavy atom. The molecule has 0 amide bonds. The molecule has 174 valence electrons. The van der Waals surface area contributed by atoms with Gasteiger partial charge < -0.3 is 20.4 Å². The predicted molar refractivity (Wildman–Crippen MR) is 119 cm³/mol. The lowest BCUT2D eigenvalue weighted by atomic mass is 9.41. The van der Waals surface area contributed by atoms with Crippen molar-refractivity contribution in [1.82, 2.24) is 0 Å². The molecule has 0 aromatic heterocycles. The van der Waals surface area contributed by atoms with Gasteiger partial charge in [0.2, 0.25) is 0 Å². The summed E-state index contributed by atoms with van der Waals surface area (Å²) in [6.07, 6.45) is 6.16.